The van der Waals surface area contributed by atoms with Gasteiger partial charge in [0.15, 0.2) is 5.76 Å². The van der Waals surface area contributed by atoms with Gasteiger partial charge in [0.2, 0.25) is 0 Å². The summed E-state index contributed by atoms with van der Waals surface area (Å²) in [5, 5.41) is 4.14. The molecule has 1 aromatic carbocycles. The lowest BCUT2D eigenvalue weighted by molar-refractivity contribution is 0.306. The second kappa shape index (κ2) is 7.92. The molecule has 6 heteroatoms. The monoisotopic (exact) mass is 372 g/mol. The van der Waals surface area contributed by atoms with E-state index in [0.717, 1.165) is 33.8 Å². The average Bonchev–Trinajstić information content (AvgIpc) is 3.16. The predicted molar refractivity (Wildman–Crippen MR) is 107 cm³/mol. The van der Waals surface area contributed by atoms with E-state index in [1.807, 2.05) is 61.5 Å². The number of benzene rings is 1. The summed E-state index contributed by atoms with van der Waals surface area (Å²) in [5.41, 5.74) is 10.7. The third-order valence-electron chi connectivity index (χ3n) is 4.34. The molecular formula is C22H20N4O2. The minimum Gasteiger partial charge on any atom is -0.489 e. The molecule has 0 saturated heterocycles. The molecule has 0 aliphatic rings. The summed E-state index contributed by atoms with van der Waals surface area (Å²) in [6, 6.07) is 17.5. The number of nitrogen functional groups attached to an aromatic ring is 1. The van der Waals surface area contributed by atoms with E-state index in [9.17, 15) is 0 Å². The summed E-state index contributed by atoms with van der Waals surface area (Å²) in [5.74, 6) is 1.87. The van der Waals surface area contributed by atoms with Gasteiger partial charge in [-0.25, -0.2) is 4.98 Å². The van der Waals surface area contributed by atoms with E-state index in [1.54, 1.807) is 12.4 Å². The molecular weight excluding hydrogens is 352 g/mol. The van der Waals surface area contributed by atoms with Crippen LogP contribution >= 0.6 is 0 Å². The van der Waals surface area contributed by atoms with Crippen LogP contribution in [0.2, 0.25) is 0 Å². The SMILES string of the molecule is Cc1cc(COc2ccc(Cc3cc(-c4cccnc4N)on3)cc2)ccn1. The summed E-state index contributed by atoms with van der Waals surface area (Å²) in [6.45, 7) is 2.48. The van der Waals surface area contributed by atoms with E-state index in [4.69, 9.17) is 15.0 Å². The summed E-state index contributed by atoms with van der Waals surface area (Å²) < 4.78 is 11.3. The first-order valence-electron chi connectivity index (χ1n) is 8.97. The number of nitrogens with two attached hydrogens (primary N) is 1. The topological polar surface area (TPSA) is 87.1 Å². The first kappa shape index (κ1) is 17.7. The molecule has 0 atom stereocenters. The van der Waals surface area contributed by atoms with Crippen molar-refractivity contribution in [2.45, 2.75) is 20.0 Å². The maximum Gasteiger partial charge on any atom is 0.170 e. The molecule has 3 aromatic heterocycles. The molecule has 140 valence electrons. The second-order valence-corrected chi connectivity index (χ2v) is 6.53. The number of rotatable bonds is 6. The Bertz CT molecular complexity index is 1070. The van der Waals surface area contributed by atoms with Crippen LogP contribution in [0.25, 0.3) is 11.3 Å². The molecule has 4 aromatic rings. The summed E-state index contributed by atoms with van der Waals surface area (Å²) in [6.07, 6.45) is 4.10. The number of hydrogen-bond donors (Lipinski definition) is 1. The van der Waals surface area contributed by atoms with Gasteiger partial charge < -0.3 is 15.0 Å². The Morgan fingerprint density at radius 3 is 2.61 bits per heavy atom. The molecule has 0 saturated carbocycles. The van der Waals surface area contributed by atoms with Gasteiger partial charge in [0.1, 0.15) is 18.2 Å². The molecule has 0 spiro atoms. The maximum atomic E-state index is 5.89. The molecule has 0 unspecified atom stereocenters. The fraction of sp³-hybridized carbons (Fsp3) is 0.136. The minimum absolute atomic E-state index is 0.427. The standard InChI is InChI=1S/C22H20N4O2/c1-15-11-17(8-10-24-15)14-27-19-6-4-16(5-7-19)12-18-13-21(28-26-18)20-3-2-9-25-22(20)23/h2-11,13H,12,14H2,1H3,(H2,23,25). The highest BCUT2D eigenvalue weighted by Crippen LogP contribution is 2.25. The van der Waals surface area contributed by atoms with Gasteiger partial charge in [0, 0.05) is 30.6 Å². The first-order valence-corrected chi connectivity index (χ1v) is 8.97. The molecule has 2 N–H and O–H groups in total. The van der Waals surface area contributed by atoms with Crippen LogP contribution in [0, 0.1) is 6.92 Å². The van der Waals surface area contributed by atoms with Crippen molar-refractivity contribution >= 4 is 5.82 Å². The molecule has 28 heavy (non-hydrogen) atoms. The number of ether oxygens (including phenoxy) is 1. The molecule has 0 aliphatic heterocycles. The van der Waals surface area contributed by atoms with Crippen LogP contribution in [0.15, 0.2) is 71.5 Å². The Morgan fingerprint density at radius 2 is 1.82 bits per heavy atom. The number of aromatic nitrogens is 3. The predicted octanol–water partition coefficient (Wildman–Crippen LogP) is 4.19. The lowest BCUT2D eigenvalue weighted by atomic mass is 10.1. The van der Waals surface area contributed by atoms with Gasteiger partial charge in [0.25, 0.3) is 0 Å². The molecule has 0 fully saturated rings. The largest absolute Gasteiger partial charge is 0.489 e. The first-order chi connectivity index (χ1) is 13.7. The third kappa shape index (κ3) is 4.17. The van der Waals surface area contributed by atoms with Crippen molar-refractivity contribution in [1.29, 1.82) is 0 Å². The average molecular weight is 372 g/mol. The van der Waals surface area contributed by atoms with E-state index >= 15 is 0 Å². The van der Waals surface area contributed by atoms with Crippen LogP contribution in [0.3, 0.4) is 0 Å². The quantitative estimate of drug-likeness (QED) is 0.546. The van der Waals surface area contributed by atoms with Gasteiger partial charge >= 0.3 is 0 Å². The highest BCUT2D eigenvalue weighted by Gasteiger charge is 2.10. The molecule has 3 heterocycles. The Kier molecular flexibility index (Phi) is 5.01. The number of hydrogen-bond acceptors (Lipinski definition) is 6. The molecule has 0 amide bonds. The minimum atomic E-state index is 0.427. The van der Waals surface area contributed by atoms with Gasteiger partial charge in [-0.1, -0.05) is 17.3 Å². The van der Waals surface area contributed by atoms with E-state index in [2.05, 4.69) is 15.1 Å². The molecule has 0 bridgehead atoms. The van der Waals surface area contributed by atoms with Gasteiger partial charge in [-0.2, -0.15) is 0 Å². The fourth-order valence-corrected chi connectivity index (χ4v) is 2.92. The normalized spacial score (nSPS) is 10.8. The van der Waals surface area contributed by atoms with Crippen LogP contribution in [-0.4, -0.2) is 15.1 Å². The van der Waals surface area contributed by atoms with E-state index in [-0.39, 0.29) is 0 Å². The number of pyridine rings is 2. The lowest BCUT2D eigenvalue weighted by Gasteiger charge is -2.07. The lowest BCUT2D eigenvalue weighted by Crippen LogP contribution is -1.97. The Morgan fingerprint density at radius 1 is 0.964 bits per heavy atom. The van der Waals surface area contributed by atoms with Crippen molar-refractivity contribution in [1.82, 2.24) is 15.1 Å². The highest BCUT2D eigenvalue weighted by atomic mass is 16.5. The number of anilines is 1. The summed E-state index contributed by atoms with van der Waals surface area (Å²) in [4.78, 5) is 8.27. The van der Waals surface area contributed by atoms with Gasteiger partial charge in [-0.15, -0.1) is 0 Å². The zero-order valence-corrected chi connectivity index (χ0v) is 15.5. The van der Waals surface area contributed by atoms with Crippen LogP contribution in [0.4, 0.5) is 5.82 Å². The van der Waals surface area contributed by atoms with E-state index in [1.165, 1.54) is 0 Å². The second-order valence-electron chi connectivity index (χ2n) is 6.53. The van der Waals surface area contributed by atoms with Crippen molar-refractivity contribution in [3.63, 3.8) is 0 Å². The fourth-order valence-electron chi connectivity index (χ4n) is 2.92. The van der Waals surface area contributed by atoms with Crippen molar-refractivity contribution in [3.8, 4) is 17.1 Å². The van der Waals surface area contributed by atoms with Crippen molar-refractivity contribution < 1.29 is 9.26 Å². The van der Waals surface area contributed by atoms with Gasteiger partial charge in [0.05, 0.1) is 11.3 Å². The molecule has 4 rings (SSSR count). The Balaban J connectivity index is 1.39. The summed E-state index contributed by atoms with van der Waals surface area (Å²) >= 11 is 0. The highest BCUT2D eigenvalue weighted by molar-refractivity contribution is 5.69. The smallest absolute Gasteiger partial charge is 0.170 e. The van der Waals surface area contributed by atoms with Crippen LogP contribution in [0.1, 0.15) is 22.5 Å². The summed E-state index contributed by atoms with van der Waals surface area (Å²) in [7, 11) is 0. The number of aryl methyl sites for hydroxylation is 1. The van der Waals surface area contributed by atoms with Crippen LogP contribution in [-0.2, 0) is 13.0 Å². The maximum absolute atomic E-state index is 5.89. The van der Waals surface area contributed by atoms with Crippen LogP contribution < -0.4 is 10.5 Å². The molecule has 0 aliphatic carbocycles. The van der Waals surface area contributed by atoms with Gasteiger partial charge in [-0.05, 0) is 54.4 Å². The zero-order chi connectivity index (χ0) is 19.3. The number of nitrogens with zero attached hydrogens (tertiary/aromatic N) is 3. The Hall–Kier alpha value is -3.67. The van der Waals surface area contributed by atoms with Crippen molar-refractivity contribution in [2.75, 3.05) is 5.73 Å². The van der Waals surface area contributed by atoms with E-state index < -0.39 is 0 Å². The zero-order valence-electron chi connectivity index (χ0n) is 15.5. The van der Waals surface area contributed by atoms with Crippen LogP contribution in [0.5, 0.6) is 5.75 Å². The van der Waals surface area contributed by atoms with Crippen molar-refractivity contribution in [2.24, 2.45) is 0 Å². The van der Waals surface area contributed by atoms with Crippen molar-refractivity contribution in [3.05, 3.63) is 89.5 Å². The molecule has 0 radical (unpaired) electrons. The third-order valence-corrected chi connectivity index (χ3v) is 4.34. The van der Waals surface area contributed by atoms with E-state index in [0.29, 0.717) is 24.6 Å². The van der Waals surface area contributed by atoms with Gasteiger partial charge in [-0.3, -0.25) is 4.98 Å². The Labute approximate surface area is 163 Å². The molecule has 6 nitrogen and oxygen atoms in total.